The van der Waals surface area contributed by atoms with Crippen molar-refractivity contribution < 1.29 is 18.7 Å². The van der Waals surface area contributed by atoms with E-state index in [9.17, 15) is 9.59 Å². The third-order valence-electron chi connectivity index (χ3n) is 6.65. The molecular formula is C21H27NO4. The smallest absolute Gasteiger partial charge is 0.331 e. The summed E-state index contributed by atoms with van der Waals surface area (Å²) in [4.78, 5) is 24.0. The number of carbonyl (C=O) groups is 2. The van der Waals surface area contributed by atoms with Crippen molar-refractivity contribution in [1.29, 1.82) is 0 Å². The summed E-state index contributed by atoms with van der Waals surface area (Å²) in [5.41, 5.74) is 0.258. The number of carbonyl (C=O) groups excluding carboxylic acids is 2. The van der Waals surface area contributed by atoms with E-state index in [0.717, 1.165) is 17.8 Å². The first-order valence-electron chi connectivity index (χ1n) is 9.70. The molecule has 140 valence electrons. The molecule has 1 aromatic heterocycles. The van der Waals surface area contributed by atoms with Gasteiger partial charge in [0.2, 0.25) is 0 Å². The van der Waals surface area contributed by atoms with Crippen molar-refractivity contribution in [3.05, 3.63) is 30.2 Å². The lowest BCUT2D eigenvalue weighted by atomic mass is 9.48. The van der Waals surface area contributed by atoms with Gasteiger partial charge in [-0.3, -0.25) is 4.79 Å². The van der Waals surface area contributed by atoms with E-state index < -0.39 is 5.97 Å². The summed E-state index contributed by atoms with van der Waals surface area (Å²) in [5, 5.41) is 3.10. The molecule has 4 aliphatic rings. The highest BCUT2D eigenvalue weighted by Gasteiger charge is 2.53. The molecule has 4 bridgehead atoms. The minimum absolute atomic E-state index is 0.140. The third-order valence-corrected chi connectivity index (χ3v) is 6.65. The number of hydrogen-bond donors (Lipinski definition) is 1. The molecule has 4 saturated carbocycles. The molecule has 1 aromatic rings. The highest BCUT2D eigenvalue weighted by molar-refractivity contribution is 5.88. The van der Waals surface area contributed by atoms with E-state index in [1.165, 1.54) is 56.9 Å². The van der Waals surface area contributed by atoms with Crippen LogP contribution < -0.4 is 5.32 Å². The van der Waals surface area contributed by atoms with Crippen LogP contribution in [0.4, 0.5) is 0 Å². The van der Waals surface area contributed by atoms with Crippen molar-refractivity contribution in [2.75, 3.05) is 6.61 Å². The van der Waals surface area contributed by atoms with E-state index >= 15 is 0 Å². The van der Waals surface area contributed by atoms with Gasteiger partial charge < -0.3 is 14.5 Å². The Morgan fingerprint density at radius 2 is 1.92 bits per heavy atom. The molecule has 1 amide bonds. The summed E-state index contributed by atoms with van der Waals surface area (Å²) >= 11 is 0. The second kappa shape index (κ2) is 6.93. The van der Waals surface area contributed by atoms with E-state index in [1.807, 2.05) is 0 Å². The Morgan fingerprint density at radius 3 is 2.50 bits per heavy atom. The van der Waals surface area contributed by atoms with Crippen molar-refractivity contribution >= 4 is 18.0 Å². The first-order chi connectivity index (χ1) is 12.5. The van der Waals surface area contributed by atoms with Crippen LogP contribution in [0.1, 0.15) is 51.2 Å². The van der Waals surface area contributed by atoms with E-state index in [4.69, 9.17) is 9.15 Å². The normalized spacial score (nSPS) is 33.3. The Balaban J connectivity index is 1.26. The lowest BCUT2D eigenvalue weighted by Crippen LogP contribution is -2.56. The lowest BCUT2D eigenvalue weighted by molar-refractivity contribution is -0.145. The Hall–Kier alpha value is -2.04. The van der Waals surface area contributed by atoms with Crippen LogP contribution in [0.3, 0.4) is 0 Å². The fourth-order valence-corrected chi connectivity index (χ4v) is 5.87. The summed E-state index contributed by atoms with van der Waals surface area (Å²) in [6.07, 6.45) is 12.2. The maximum atomic E-state index is 12.3. The Bertz CT molecular complexity index is 656. The first-order valence-corrected chi connectivity index (χ1v) is 9.70. The number of rotatable bonds is 6. The van der Waals surface area contributed by atoms with Crippen molar-refractivity contribution in [3.63, 3.8) is 0 Å². The van der Waals surface area contributed by atoms with Crippen LogP contribution in [0.5, 0.6) is 0 Å². The van der Waals surface area contributed by atoms with Gasteiger partial charge in [0.05, 0.1) is 6.26 Å². The zero-order valence-electron chi connectivity index (χ0n) is 15.3. The van der Waals surface area contributed by atoms with Crippen LogP contribution in [0, 0.1) is 23.2 Å². The van der Waals surface area contributed by atoms with Gasteiger partial charge in [0.25, 0.3) is 5.91 Å². The van der Waals surface area contributed by atoms with Crippen molar-refractivity contribution in [2.24, 2.45) is 23.2 Å². The lowest BCUT2D eigenvalue weighted by Gasteiger charge is -2.59. The Kier molecular flexibility index (Phi) is 4.63. The van der Waals surface area contributed by atoms with E-state index in [-0.39, 0.29) is 24.0 Å². The average Bonchev–Trinajstić information content (AvgIpc) is 3.10. The molecule has 0 spiro atoms. The molecule has 1 heterocycles. The Morgan fingerprint density at radius 1 is 1.27 bits per heavy atom. The number of nitrogens with one attached hydrogen (secondary N) is 1. The molecule has 0 radical (unpaired) electrons. The van der Waals surface area contributed by atoms with Crippen LogP contribution in [0.15, 0.2) is 28.9 Å². The summed E-state index contributed by atoms with van der Waals surface area (Å²) in [6.45, 7) is 1.89. The largest absolute Gasteiger partial charge is 0.465 e. The van der Waals surface area contributed by atoms with E-state index in [2.05, 4.69) is 12.2 Å². The van der Waals surface area contributed by atoms with Gasteiger partial charge in [-0.2, -0.15) is 0 Å². The number of hydrogen-bond acceptors (Lipinski definition) is 4. The molecule has 0 unspecified atom stereocenters. The van der Waals surface area contributed by atoms with Crippen LogP contribution in [0.25, 0.3) is 6.08 Å². The molecule has 1 N–H and O–H groups in total. The zero-order chi connectivity index (χ0) is 18.1. The molecule has 4 fully saturated rings. The molecule has 0 aromatic carbocycles. The zero-order valence-corrected chi connectivity index (χ0v) is 15.3. The summed E-state index contributed by atoms with van der Waals surface area (Å²) in [5.74, 6) is 2.37. The van der Waals surface area contributed by atoms with E-state index in [0.29, 0.717) is 5.76 Å². The number of ether oxygens (including phenoxy) is 1. The van der Waals surface area contributed by atoms with Gasteiger partial charge in [-0.05, 0) is 86.8 Å². The van der Waals surface area contributed by atoms with Crippen LogP contribution in [0.2, 0.25) is 0 Å². The van der Waals surface area contributed by atoms with Crippen LogP contribution in [-0.2, 0) is 14.3 Å². The molecule has 1 atom stereocenters. The first kappa shape index (κ1) is 17.4. The van der Waals surface area contributed by atoms with Gasteiger partial charge in [0.15, 0.2) is 6.61 Å². The monoisotopic (exact) mass is 357 g/mol. The van der Waals surface area contributed by atoms with Gasteiger partial charge in [-0.25, -0.2) is 4.79 Å². The minimum Gasteiger partial charge on any atom is -0.465 e. The van der Waals surface area contributed by atoms with Crippen molar-refractivity contribution in [2.45, 2.75) is 51.5 Å². The quantitative estimate of drug-likeness (QED) is 0.624. The molecule has 26 heavy (non-hydrogen) atoms. The third kappa shape index (κ3) is 3.57. The Labute approximate surface area is 154 Å². The predicted octanol–water partition coefficient (Wildman–Crippen LogP) is 3.56. The highest BCUT2D eigenvalue weighted by atomic mass is 16.5. The highest BCUT2D eigenvalue weighted by Crippen LogP contribution is 2.61. The molecule has 4 aliphatic carbocycles. The molecule has 5 rings (SSSR count). The summed E-state index contributed by atoms with van der Waals surface area (Å²) in [7, 11) is 0. The van der Waals surface area contributed by atoms with Gasteiger partial charge in [0.1, 0.15) is 5.76 Å². The van der Waals surface area contributed by atoms with E-state index in [1.54, 1.807) is 12.1 Å². The number of furan rings is 1. The number of amides is 1. The number of esters is 1. The van der Waals surface area contributed by atoms with Gasteiger partial charge >= 0.3 is 5.97 Å². The topological polar surface area (TPSA) is 68.5 Å². The fourth-order valence-electron chi connectivity index (χ4n) is 5.87. The fraction of sp³-hybridized carbons (Fsp3) is 0.619. The molecule has 5 heteroatoms. The molecule has 0 aliphatic heterocycles. The maximum Gasteiger partial charge on any atom is 0.331 e. The minimum atomic E-state index is -0.543. The van der Waals surface area contributed by atoms with Crippen LogP contribution >= 0.6 is 0 Å². The molecular weight excluding hydrogens is 330 g/mol. The summed E-state index contributed by atoms with van der Waals surface area (Å²) < 4.78 is 10.1. The average molecular weight is 357 g/mol. The molecule has 0 saturated heterocycles. The van der Waals surface area contributed by atoms with Gasteiger partial charge in [0, 0.05) is 12.1 Å². The van der Waals surface area contributed by atoms with Crippen molar-refractivity contribution in [1.82, 2.24) is 5.32 Å². The standard InChI is InChI=1S/C21H27NO4/c1-14(21-10-15-7-16(11-21)9-17(8-15)12-21)22-19(23)13-26-20(24)5-4-18-3-2-6-25-18/h2-6,14-17H,7-13H2,1H3,(H,22,23)/b5-4+/t14-,15?,16?,17?,21?/m1/s1. The summed E-state index contributed by atoms with van der Waals surface area (Å²) in [6, 6.07) is 3.62. The van der Waals surface area contributed by atoms with Gasteiger partial charge in [-0.15, -0.1) is 0 Å². The second-order valence-corrected chi connectivity index (χ2v) is 8.53. The van der Waals surface area contributed by atoms with Crippen LogP contribution in [-0.4, -0.2) is 24.5 Å². The van der Waals surface area contributed by atoms with Gasteiger partial charge in [-0.1, -0.05) is 0 Å². The SMILES string of the molecule is C[C@@H](NC(=O)COC(=O)/C=C/c1ccco1)C12CC3CC(CC(C3)C1)C2. The maximum absolute atomic E-state index is 12.3. The van der Waals surface area contributed by atoms with Crippen molar-refractivity contribution in [3.8, 4) is 0 Å². The molecule has 5 nitrogen and oxygen atoms in total. The predicted molar refractivity (Wildman–Crippen MR) is 96.9 cm³/mol. The second-order valence-electron chi connectivity index (χ2n) is 8.53.